The van der Waals surface area contributed by atoms with Crippen molar-refractivity contribution >= 4 is 32.2 Å². The van der Waals surface area contributed by atoms with E-state index >= 15 is 0 Å². The zero-order valence-corrected chi connectivity index (χ0v) is 24.7. The molecule has 4 aromatic rings. The molecule has 10 heteroatoms. The molecule has 0 spiro atoms. The van der Waals surface area contributed by atoms with Crippen LogP contribution in [0.15, 0.2) is 88.2 Å². The quantitative estimate of drug-likeness (QED) is 0.238. The van der Waals surface area contributed by atoms with Crippen molar-refractivity contribution in [1.82, 2.24) is 9.29 Å². The number of piperidine rings is 1. The first-order valence-electron chi connectivity index (χ1n) is 13.7. The summed E-state index contributed by atoms with van der Waals surface area (Å²) < 4.78 is 38.5. The van der Waals surface area contributed by atoms with Crippen LogP contribution in [0, 0.1) is 0 Å². The van der Waals surface area contributed by atoms with Gasteiger partial charge in [0, 0.05) is 30.5 Å². The molecule has 41 heavy (non-hydrogen) atoms. The lowest BCUT2D eigenvalue weighted by atomic mass is 9.98. The van der Waals surface area contributed by atoms with Gasteiger partial charge in [0.15, 0.2) is 0 Å². The van der Waals surface area contributed by atoms with Crippen molar-refractivity contribution < 1.29 is 17.9 Å². The van der Waals surface area contributed by atoms with Crippen LogP contribution in [0.5, 0.6) is 11.5 Å². The van der Waals surface area contributed by atoms with Gasteiger partial charge in [-0.05, 0) is 72.5 Å². The summed E-state index contributed by atoms with van der Waals surface area (Å²) in [4.78, 5) is 5.27. The predicted molar refractivity (Wildman–Crippen MR) is 163 cm³/mol. The van der Waals surface area contributed by atoms with E-state index in [-0.39, 0.29) is 6.04 Å². The number of aromatic nitrogens is 1. The normalized spacial score (nSPS) is 17.9. The van der Waals surface area contributed by atoms with Crippen LogP contribution < -0.4 is 14.5 Å². The molecule has 0 saturated carbocycles. The average Bonchev–Trinajstić information content (AvgIpc) is 3.70. The number of hydrazone groups is 1. The van der Waals surface area contributed by atoms with Crippen molar-refractivity contribution in [2.75, 3.05) is 32.3 Å². The summed E-state index contributed by atoms with van der Waals surface area (Å²) in [5.41, 5.74) is 4.77. The lowest BCUT2D eigenvalue weighted by molar-refractivity contribution is 0.346. The molecule has 8 nitrogen and oxygen atoms in total. The van der Waals surface area contributed by atoms with Gasteiger partial charge in [-0.1, -0.05) is 30.7 Å². The molecular weight excluding hydrogens is 556 g/mol. The van der Waals surface area contributed by atoms with E-state index in [1.54, 1.807) is 30.7 Å². The fraction of sp³-hybridized carbons (Fsp3) is 0.290. The van der Waals surface area contributed by atoms with Crippen LogP contribution in [0.4, 0.5) is 5.13 Å². The molecule has 0 radical (unpaired) electrons. The fourth-order valence-corrected chi connectivity index (χ4v) is 7.63. The molecule has 6 rings (SSSR count). The van der Waals surface area contributed by atoms with E-state index in [1.807, 2.05) is 58.9 Å². The minimum absolute atomic E-state index is 0.0333. The Morgan fingerprint density at radius 1 is 0.805 bits per heavy atom. The van der Waals surface area contributed by atoms with Gasteiger partial charge in [-0.25, -0.2) is 18.4 Å². The molecule has 2 aliphatic rings. The first-order chi connectivity index (χ1) is 20.0. The Hall–Kier alpha value is -3.73. The third kappa shape index (κ3) is 5.59. The summed E-state index contributed by atoms with van der Waals surface area (Å²) in [7, 11) is -0.157. The van der Waals surface area contributed by atoms with Crippen molar-refractivity contribution in [3.05, 3.63) is 89.3 Å². The number of rotatable bonds is 8. The van der Waals surface area contributed by atoms with Crippen molar-refractivity contribution in [1.29, 1.82) is 0 Å². The summed E-state index contributed by atoms with van der Waals surface area (Å²) in [5, 5.41) is 9.79. The van der Waals surface area contributed by atoms with E-state index in [0.717, 1.165) is 70.4 Å². The van der Waals surface area contributed by atoms with Crippen molar-refractivity contribution in [2.24, 2.45) is 5.10 Å². The number of methoxy groups -OCH3 is 2. The molecule has 1 saturated heterocycles. The van der Waals surface area contributed by atoms with Crippen LogP contribution in [-0.2, 0) is 10.0 Å². The molecule has 0 unspecified atom stereocenters. The molecular formula is C31H32N4O4S2. The number of nitrogens with zero attached hydrogens (tertiary/aromatic N) is 4. The Morgan fingerprint density at radius 2 is 1.41 bits per heavy atom. The highest BCUT2D eigenvalue weighted by molar-refractivity contribution is 7.89. The molecule has 0 amide bonds. The minimum Gasteiger partial charge on any atom is -0.497 e. The molecule has 3 heterocycles. The van der Waals surface area contributed by atoms with E-state index in [0.29, 0.717) is 18.0 Å². The maximum Gasteiger partial charge on any atom is 0.243 e. The molecule has 1 fully saturated rings. The number of hydrogen-bond donors (Lipinski definition) is 0. The van der Waals surface area contributed by atoms with E-state index in [9.17, 15) is 8.42 Å². The standard InChI is InChI=1S/C31H32N4O4S2/c1-38-25-12-6-22(7-13-25)28-20-30(24-8-14-26(39-2)15-9-24)35(33-28)31-32-29(21-40-31)23-10-16-27(17-11-23)41(36,37)34-18-4-3-5-19-34/h6-17,21,30H,3-5,18-20H2,1-2H3/t30-/m1/s1. The number of anilines is 1. The van der Waals surface area contributed by atoms with E-state index in [4.69, 9.17) is 19.6 Å². The van der Waals surface area contributed by atoms with Gasteiger partial charge in [0.05, 0.1) is 36.6 Å². The Morgan fingerprint density at radius 3 is 2.05 bits per heavy atom. The molecule has 3 aromatic carbocycles. The van der Waals surface area contributed by atoms with Gasteiger partial charge in [-0.2, -0.15) is 9.41 Å². The number of sulfonamides is 1. The Kier molecular flexibility index (Phi) is 7.79. The van der Waals surface area contributed by atoms with Crippen LogP contribution in [-0.4, -0.2) is 50.7 Å². The first kappa shape index (κ1) is 27.4. The van der Waals surface area contributed by atoms with E-state index in [1.165, 1.54) is 11.3 Å². The predicted octanol–water partition coefficient (Wildman–Crippen LogP) is 6.36. The Labute approximate surface area is 244 Å². The zero-order chi connectivity index (χ0) is 28.4. The van der Waals surface area contributed by atoms with E-state index in [2.05, 4.69) is 12.1 Å². The zero-order valence-electron chi connectivity index (χ0n) is 23.1. The third-order valence-corrected chi connectivity index (χ3v) is 10.4. The van der Waals surface area contributed by atoms with Gasteiger partial charge >= 0.3 is 0 Å². The van der Waals surface area contributed by atoms with Gasteiger partial charge in [-0.3, -0.25) is 0 Å². The van der Waals surface area contributed by atoms with Crippen molar-refractivity contribution in [2.45, 2.75) is 36.6 Å². The number of benzene rings is 3. The lowest BCUT2D eigenvalue weighted by Crippen LogP contribution is -2.35. The fourth-order valence-electron chi connectivity index (χ4n) is 5.28. The topological polar surface area (TPSA) is 84.3 Å². The van der Waals surface area contributed by atoms with Crippen molar-refractivity contribution in [3.63, 3.8) is 0 Å². The SMILES string of the molecule is COc1ccc(C2=NN(c3nc(-c4ccc(S(=O)(=O)N5CCCCC5)cc4)cs3)[C@@H](c3ccc(OC)cc3)C2)cc1. The molecule has 0 N–H and O–H groups in total. The molecule has 1 aromatic heterocycles. The summed E-state index contributed by atoms with van der Waals surface area (Å²) in [5.74, 6) is 1.60. The average molecular weight is 589 g/mol. The molecule has 0 bridgehead atoms. The summed E-state index contributed by atoms with van der Waals surface area (Å²) in [6, 6.07) is 23.0. The van der Waals surface area contributed by atoms with Gasteiger partial charge in [0.2, 0.25) is 15.2 Å². The van der Waals surface area contributed by atoms with Gasteiger partial charge < -0.3 is 9.47 Å². The second-order valence-electron chi connectivity index (χ2n) is 10.1. The Bertz CT molecular complexity index is 1630. The summed E-state index contributed by atoms with van der Waals surface area (Å²) >= 11 is 1.52. The van der Waals surface area contributed by atoms with Crippen LogP contribution in [0.1, 0.15) is 42.9 Å². The number of thiazole rings is 1. The molecule has 0 aliphatic carbocycles. The maximum atomic E-state index is 13.1. The number of hydrogen-bond acceptors (Lipinski definition) is 8. The van der Waals surface area contributed by atoms with Gasteiger partial charge in [0.1, 0.15) is 11.5 Å². The third-order valence-electron chi connectivity index (χ3n) is 7.63. The second kappa shape index (κ2) is 11.6. The highest BCUT2D eigenvalue weighted by atomic mass is 32.2. The van der Waals surface area contributed by atoms with Crippen LogP contribution >= 0.6 is 11.3 Å². The minimum atomic E-state index is -3.48. The second-order valence-corrected chi connectivity index (χ2v) is 12.9. The van der Waals surface area contributed by atoms with Gasteiger partial charge in [0.25, 0.3) is 0 Å². The summed E-state index contributed by atoms with van der Waals surface area (Å²) in [6.45, 7) is 1.17. The summed E-state index contributed by atoms with van der Waals surface area (Å²) in [6.07, 6.45) is 3.63. The van der Waals surface area contributed by atoms with Gasteiger partial charge in [-0.15, -0.1) is 11.3 Å². The van der Waals surface area contributed by atoms with Crippen LogP contribution in [0.25, 0.3) is 11.3 Å². The van der Waals surface area contributed by atoms with Crippen LogP contribution in [0.3, 0.4) is 0 Å². The highest BCUT2D eigenvalue weighted by Crippen LogP contribution is 2.40. The first-order valence-corrected chi connectivity index (χ1v) is 16.0. The highest BCUT2D eigenvalue weighted by Gasteiger charge is 2.32. The Balaban J connectivity index is 1.29. The number of ether oxygens (including phenoxy) is 2. The molecule has 212 valence electrons. The van der Waals surface area contributed by atoms with Crippen LogP contribution in [0.2, 0.25) is 0 Å². The largest absolute Gasteiger partial charge is 0.497 e. The lowest BCUT2D eigenvalue weighted by Gasteiger charge is -2.25. The van der Waals surface area contributed by atoms with E-state index < -0.39 is 10.0 Å². The molecule has 2 aliphatic heterocycles. The van der Waals surface area contributed by atoms with Crippen molar-refractivity contribution in [3.8, 4) is 22.8 Å². The molecule has 1 atom stereocenters. The maximum absolute atomic E-state index is 13.1. The smallest absolute Gasteiger partial charge is 0.243 e. The monoisotopic (exact) mass is 588 g/mol.